The van der Waals surface area contributed by atoms with Gasteiger partial charge in [-0.05, 0) is 12.8 Å². The van der Waals surface area contributed by atoms with Crippen LogP contribution in [0.2, 0.25) is 0 Å². The maximum absolute atomic E-state index is 10.2. The molecule has 9 heavy (non-hydrogen) atoms. The number of carbonyl (C=O) groups is 1. The summed E-state index contributed by atoms with van der Waals surface area (Å²) in [7, 11) is 0. The Morgan fingerprint density at radius 3 is 3.00 bits per heavy atom. The SMILES string of the molecule is C=CCC[C@H]1CC(=O)O1. The quantitative estimate of drug-likeness (QED) is 0.420. The van der Waals surface area contributed by atoms with E-state index in [-0.39, 0.29) is 12.1 Å². The smallest absolute Gasteiger partial charge is 0.309 e. The first-order chi connectivity index (χ1) is 4.33. The number of rotatable bonds is 3. The van der Waals surface area contributed by atoms with E-state index < -0.39 is 0 Å². The number of esters is 1. The van der Waals surface area contributed by atoms with E-state index in [9.17, 15) is 4.79 Å². The second kappa shape index (κ2) is 2.67. The van der Waals surface area contributed by atoms with Crippen molar-refractivity contribution in [2.75, 3.05) is 0 Å². The first-order valence-corrected chi connectivity index (χ1v) is 3.13. The van der Waals surface area contributed by atoms with Gasteiger partial charge >= 0.3 is 5.97 Å². The first-order valence-electron chi connectivity index (χ1n) is 3.13. The van der Waals surface area contributed by atoms with Crippen LogP contribution in [-0.4, -0.2) is 12.1 Å². The van der Waals surface area contributed by atoms with Crippen molar-refractivity contribution in [2.45, 2.75) is 25.4 Å². The van der Waals surface area contributed by atoms with Crippen molar-refractivity contribution in [3.8, 4) is 0 Å². The van der Waals surface area contributed by atoms with Crippen LogP contribution in [0.3, 0.4) is 0 Å². The van der Waals surface area contributed by atoms with Gasteiger partial charge in [-0.15, -0.1) is 6.58 Å². The molecule has 0 spiro atoms. The molecule has 0 bridgehead atoms. The summed E-state index contributed by atoms with van der Waals surface area (Å²) in [5, 5.41) is 0. The van der Waals surface area contributed by atoms with Gasteiger partial charge in [0.1, 0.15) is 6.10 Å². The molecule has 0 amide bonds. The van der Waals surface area contributed by atoms with Crippen molar-refractivity contribution in [1.29, 1.82) is 0 Å². The van der Waals surface area contributed by atoms with Crippen LogP contribution in [0.4, 0.5) is 0 Å². The van der Waals surface area contributed by atoms with Crippen LogP contribution >= 0.6 is 0 Å². The summed E-state index contributed by atoms with van der Waals surface area (Å²) in [5.74, 6) is -0.0657. The van der Waals surface area contributed by atoms with Gasteiger partial charge < -0.3 is 4.74 Å². The summed E-state index contributed by atoms with van der Waals surface area (Å²) in [5.41, 5.74) is 0. The van der Waals surface area contributed by atoms with Gasteiger partial charge in [-0.3, -0.25) is 4.79 Å². The lowest BCUT2D eigenvalue weighted by Crippen LogP contribution is -2.32. The van der Waals surface area contributed by atoms with Crippen LogP contribution in [0.5, 0.6) is 0 Å². The average Bonchev–Trinajstić information content (AvgIpc) is 1.78. The molecular formula is C7H10O2. The van der Waals surface area contributed by atoms with Crippen LogP contribution < -0.4 is 0 Å². The van der Waals surface area contributed by atoms with Gasteiger partial charge in [0, 0.05) is 0 Å². The van der Waals surface area contributed by atoms with E-state index in [0.29, 0.717) is 6.42 Å². The topological polar surface area (TPSA) is 26.3 Å². The molecule has 1 rings (SSSR count). The minimum atomic E-state index is -0.0657. The van der Waals surface area contributed by atoms with Crippen LogP contribution in [0.1, 0.15) is 19.3 Å². The maximum atomic E-state index is 10.2. The van der Waals surface area contributed by atoms with Gasteiger partial charge in [0.25, 0.3) is 0 Å². The second-order valence-corrected chi connectivity index (χ2v) is 2.18. The number of carbonyl (C=O) groups excluding carboxylic acids is 1. The van der Waals surface area contributed by atoms with E-state index in [1.807, 2.05) is 6.08 Å². The Labute approximate surface area is 54.5 Å². The van der Waals surface area contributed by atoms with Gasteiger partial charge in [0.05, 0.1) is 6.42 Å². The molecule has 0 aromatic rings. The molecule has 50 valence electrons. The fourth-order valence-corrected chi connectivity index (χ4v) is 0.827. The molecular weight excluding hydrogens is 116 g/mol. The lowest BCUT2D eigenvalue weighted by atomic mass is 10.1. The Hall–Kier alpha value is -0.790. The molecule has 0 saturated carbocycles. The molecule has 1 atom stereocenters. The van der Waals surface area contributed by atoms with Crippen molar-refractivity contribution in [3.63, 3.8) is 0 Å². The number of hydrogen-bond acceptors (Lipinski definition) is 2. The third-order valence-electron chi connectivity index (χ3n) is 1.39. The molecule has 0 aromatic heterocycles. The molecule has 2 heteroatoms. The molecule has 0 unspecified atom stereocenters. The van der Waals surface area contributed by atoms with E-state index in [0.717, 1.165) is 12.8 Å². The third-order valence-corrected chi connectivity index (χ3v) is 1.39. The van der Waals surface area contributed by atoms with Crippen molar-refractivity contribution in [3.05, 3.63) is 12.7 Å². The highest BCUT2D eigenvalue weighted by Crippen LogP contribution is 2.17. The minimum absolute atomic E-state index is 0.0657. The molecule has 2 nitrogen and oxygen atoms in total. The number of allylic oxidation sites excluding steroid dienone is 1. The summed E-state index contributed by atoms with van der Waals surface area (Å²) < 4.78 is 4.75. The third kappa shape index (κ3) is 1.56. The van der Waals surface area contributed by atoms with Crippen LogP contribution in [0.15, 0.2) is 12.7 Å². The summed E-state index contributed by atoms with van der Waals surface area (Å²) in [6, 6.07) is 0. The van der Waals surface area contributed by atoms with Gasteiger partial charge in [-0.1, -0.05) is 6.08 Å². The summed E-state index contributed by atoms with van der Waals surface area (Å²) in [6.45, 7) is 3.57. The van der Waals surface area contributed by atoms with Gasteiger partial charge in [-0.25, -0.2) is 0 Å². The normalized spacial score (nSPS) is 24.4. The van der Waals surface area contributed by atoms with E-state index in [1.165, 1.54) is 0 Å². The lowest BCUT2D eigenvalue weighted by molar-refractivity contribution is -0.169. The number of cyclic esters (lactones) is 1. The molecule has 1 fully saturated rings. The molecule has 1 saturated heterocycles. The van der Waals surface area contributed by atoms with Crippen molar-refractivity contribution < 1.29 is 9.53 Å². The molecule has 0 aliphatic carbocycles. The van der Waals surface area contributed by atoms with Gasteiger partial charge in [0.2, 0.25) is 0 Å². The summed E-state index contributed by atoms with van der Waals surface area (Å²) in [6.07, 6.45) is 4.52. The Balaban J connectivity index is 2.03. The van der Waals surface area contributed by atoms with Gasteiger partial charge in [-0.2, -0.15) is 0 Å². The zero-order valence-corrected chi connectivity index (χ0v) is 5.30. The largest absolute Gasteiger partial charge is 0.462 e. The Morgan fingerprint density at radius 1 is 1.89 bits per heavy atom. The monoisotopic (exact) mass is 126 g/mol. The Bertz CT molecular complexity index is 121. The maximum Gasteiger partial charge on any atom is 0.309 e. The first kappa shape index (κ1) is 6.33. The Kier molecular flexibility index (Phi) is 1.88. The predicted octanol–water partition coefficient (Wildman–Crippen LogP) is 1.27. The molecule has 1 aliphatic rings. The van der Waals surface area contributed by atoms with Crippen molar-refractivity contribution in [2.24, 2.45) is 0 Å². The van der Waals surface area contributed by atoms with Crippen molar-refractivity contribution in [1.82, 2.24) is 0 Å². The second-order valence-electron chi connectivity index (χ2n) is 2.18. The van der Waals surface area contributed by atoms with Crippen molar-refractivity contribution >= 4 is 5.97 Å². The highest BCUT2D eigenvalue weighted by Gasteiger charge is 2.26. The zero-order chi connectivity index (χ0) is 6.69. The standard InChI is InChI=1S/C7H10O2/c1-2-3-4-6-5-7(8)9-6/h2,6H,1,3-5H2/t6-/m0/s1. The molecule has 0 N–H and O–H groups in total. The van der Waals surface area contributed by atoms with E-state index in [1.54, 1.807) is 0 Å². The summed E-state index contributed by atoms with van der Waals surface area (Å²) in [4.78, 5) is 10.2. The van der Waals surface area contributed by atoms with Crippen LogP contribution in [0.25, 0.3) is 0 Å². The fourth-order valence-electron chi connectivity index (χ4n) is 0.827. The summed E-state index contributed by atoms with van der Waals surface area (Å²) >= 11 is 0. The minimum Gasteiger partial charge on any atom is -0.462 e. The van der Waals surface area contributed by atoms with E-state index in [2.05, 4.69) is 6.58 Å². The molecule has 1 aliphatic heterocycles. The zero-order valence-electron chi connectivity index (χ0n) is 5.30. The van der Waals surface area contributed by atoms with Crippen LogP contribution in [0, 0.1) is 0 Å². The lowest BCUT2D eigenvalue weighted by Gasteiger charge is -2.24. The molecule has 1 heterocycles. The number of hydrogen-bond donors (Lipinski definition) is 0. The van der Waals surface area contributed by atoms with Crippen LogP contribution in [-0.2, 0) is 9.53 Å². The highest BCUT2D eigenvalue weighted by atomic mass is 16.6. The van der Waals surface area contributed by atoms with Gasteiger partial charge in [0.15, 0.2) is 0 Å². The van der Waals surface area contributed by atoms with E-state index in [4.69, 9.17) is 4.74 Å². The highest BCUT2D eigenvalue weighted by molar-refractivity contribution is 5.75. The Morgan fingerprint density at radius 2 is 2.56 bits per heavy atom. The van der Waals surface area contributed by atoms with E-state index >= 15 is 0 Å². The predicted molar refractivity (Wildman–Crippen MR) is 33.9 cm³/mol. The average molecular weight is 126 g/mol. The fraction of sp³-hybridized carbons (Fsp3) is 0.571. The molecule has 0 aromatic carbocycles. The number of ether oxygens (including phenoxy) is 1. The molecule has 0 radical (unpaired) electrons.